The highest BCUT2D eigenvalue weighted by Gasteiger charge is 2.13. The average Bonchev–Trinajstić information content (AvgIpc) is 2.98. The van der Waals surface area contributed by atoms with Crippen LogP contribution in [0, 0.1) is 0 Å². The van der Waals surface area contributed by atoms with Crippen LogP contribution in [0.5, 0.6) is 0 Å². The number of fused-ring (bicyclic) bond motifs is 1. The summed E-state index contributed by atoms with van der Waals surface area (Å²) in [5.41, 5.74) is 2.56. The van der Waals surface area contributed by atoms with Crippen LogP contribution in [0.15, 0.2) is 36.4 Å². The monoisotopic (exact) mass is 410 g/mol. The number of halogens is 3. The van der Waals surface area contributed by atoms with Crippen LogP contribution in [0.2, 0.25) is 15.1 Å². The molecule has 1 atom stereocenters. The lowest BCUT2D eigenvalue weighted by Gasteiger charge is -2.14. The third kappa shape index (κ3) is 4.89. The summed E-state index contributed by atoms with van der Waals surface area (Å²) in [6.45, 7) is 2.58. The molecule has 5 nitrogen and oxygen atoms in total. The van der Waals surface area contributed by atoms with Crippen LogP contribution in [0.1, 0.15) is 18.3 Å². The number of aromatic amines is 1. The Bertz CT molecular complexity index is 921. The molecule has 3 N–H and O–H groups in total. The number of H-pyrrole nitrogens is 1. The summed E-state index contributed by atoms with van der Waals surface area (Å²) in [5, 5.41) is 7.77. The standard InChI is InChI=1S/C18H17Cl3N4O/c1-10(22-8-11-4-13(20)6-14(21)5-11)18(26)23-9-17-24-15-3-2-12(19)7-16(15)25-17/h2-7,10,22H,8-9H2,1H3,(H,23,26)(H,24,25)/t10-/m0/s1. The van der Waals surface area contributed by atoms with E-state index in [0.717, 1.165) is 16.6 Å². The summed E-state index contributed by atoms with van der Waals surface area (Å²) >= 11 is 17.9. The molecule has 8 heteroatoms. The van der Waals surface area contributed by atoms with Gasteiger partial charge in [-0.05, 0) is 48.9 Å². The zero-order chi connectivity index (χ0) is 18.7. The molecule has 0 spiro atoms. The molecular formula is C18H17Cl3N4O. The van der Waals surface area contributed by atoms with Gasteiger partial charge in [-0.2, -0.15) is 0 Å². The van der Waals surface area contributed by atoms with Gasteiger partial charge in [0.05, 0.1) is 23.6 Å². The molecule has 0 bridgehead atoms. The van der Waals surface area contributed by atoms with E-state index < -0.39 is 0 Å². The van der Waals surface area contributed by atoms with E-state index in [4.69, 9.17) is 34.8 Å². The fraction of sp³-hybridized carbons (Fsp3) is 0.222. The SMILES string of the molecule is C[C@H](NCc1cc(Cl)cc(Cl)c1)C(=O)NCc1nc2ccc(Cl)cc2[nH]1. The highest BCUT2D eigenvalue weighted by Crippen LogP contribution is 2.19. The van der Waals surface area contributed by atoms with Crippen molar-refractivity contribution in [2.45, 2.75) is 26.1 Å². The van der Waals surface area contributed by atoms with Crippen molar-refractivity contribution >= 4 is 51.7 Å². The van der Waals surface area contributed by atoms with E-state index in [1.165, 1.54) is 0 Å². The Labute approximate surface area is 166 Å². The first kappa shape index (κ1) is 19.0. The van der Waals surface area contributed by atoms with Crippen LogP contribution in [-0.2, 0) is 17.9 Å². The number of carbonyl (C=O) groups excluding carboxylic acids is 1. The summed E-state index contributed by atoms with van der Waals surface area (Å²) in [5.74, 6) is 0.543. The maximum atomic E-state index is 12.3. The summed E-state index contributed by atoms with van der Waals surface area (Å²) < 4.78 is 0. The van der Waals surface area contributed by atoms with Crippen molar-refractivity contribution in [3.05, 3.63) is 62.9 Å². The van der Waals surface area contributed by atoms with Crippen molar-refractivity contribution in [3.63, 3.8) is 0 Å². The third-order valence-corrected chi connectivity index (χ3v) is 4.52. The first-order valence-electron chi connectivity index (χ1n) is 8.01. The zero-order valence-corrected chi connectivity index (χ0v) is 16.2. The fourth-order valence-electron chi connectivity index (χ4n) is 2.52. The molecule has 0 saturated carbocycles. The van der Waals surface area contributed by atoms with E-state index in [1.54, 1.807) is 25.1 Å². The highest BCUT2D eigenvalue weighted by molar-refractivity contribution is 6.34. The lowest BCUT2D eigenvalue weighted by molar-refractivity contribution is -0.123. The molecule has 3 aromatic rings. The molecule has 0 aliphatic rings. The minimum absolute atomic E-state index is 0.128. The molecule has 26 heavy (non-hydrogen) atoms. The molecule has 1 aromatic heterocycles. The number of imidazole rings is 1. The maximum absolute atomic E-state index is 12.3. The normalized spacial score (nSPS) is 12.3. The van der Waals surface area contributed by atoms with Crippen molar-refractivity contribution in [2.24, 2.45) is 0 Å². The first-order chi connectivity index (χ1) is 12.4. The number of aromatic nitrogens is 2. The van der Waals surface area contributed by atoms with Crippen molar-refractivity contribution in [1.82, 2.24) is 20.6 Å². The van der Waals surface area contributed by atoms with Crippen LogP contribution < -0.4 is 10.6 Å². The van der Waals surface area contributed by atoms with E-state index in [9.17, 15) is 4.79 Å². The van der Waals surface area contributed by atoms with Crippen LogP contribution >= 0.6 is 34.8 Å². The number of carbonyl (C=O) groups is 1. The number of hydrogen-bond acceptors (Lipinski definition) is 3. The van der Waals surface area contributed by atoms with Crippen molar-refractivity contribution < 1.29 is 4.79 Å². The maximum Gasteiger partial charge on any atom is 0.237 e. The van der Waals surface area contributed by atoms with Gasteiger partial charge in [0.25, 0.3) is 0 Å². The molecule has 1 heterocycles. The van der Waals surface area contributed by atoms with E-state index >= 15 is 0 Å². The predicted octanol–water partition coefficient (Wildman–Crippen LogP) is 4.32. The predicted molar refractivity (Wildman–Crippen MR) is 106 cm³/mol. The second-order valence-electron chi connectivity index (χ2n) is 5.94. The van der Waals surface area contributed by atoms with E-state index in [2.05, 4.69) is 20.6 Å². The molecule has 1 amide bonds. The summed E-state index contributed by atoms with van der Waals surface area (Å²) in [7, 11) is 0. The van der Waals surface area contributed by atoms with Crippen LogP contribution in [-0.4, -0.2) is 21.9 Å². The lowest BCUT2D eigenvalue weighted by Crippen LogP contribution is -2.41. The lowest BCUT2D eigenvalue weighted by atomic mass is 10.2. The Kier molecular flexibility index (Phi) is 6.04. The highest BCUT2D eigenvalue weighted by atomic mass is 35.5. The minimum atomic E-state index is -0.383. The van der Waals surface area contributed by atoms with Crippen molar-refractivity contribution in [1.29, 1.82) is 0 Å². The molecule has 3 rings (SSSR count). The van der Waals surface area contributed by atoms with Gasteiger partial charge >= 0.3 is 0 Å². The number of rotatable bonds is 6. The Morgan fingerprint density at radius 3 is 2.54 bits per heavy atom. The van der Waals surface area contributed by atoms with Gasteiger partial charge in [-0.15, -0.1) is 0 Å². The quantitative estimate of drug-likeness (QED) is 0.566. The number of amides is 1. The molecule has 0 unspecified atom stereocenters. The van der Waals surface area contributed by atoms with Crippen LogP contribution in [0.3, 0.4) is 0 Å². The molecule has 0 fully saturated rings. The topological polar surface area (TPSA) is 69.8 Å². The summed E-state index contributed by atoms with van der Waals surface area (Å²) in [6.07, 6.45) is 0. The molecule has 0 aliphatic carbocycles. The third-order valence-electron chi connectivity index (χ3n) is 3.85. The second kappa shape index (κ2) is 8.27. The molecule has 136 valence electrons. The molecule has 2 aromatic carbocycles. The molecule has 0 aliphatic heterocycles. The Balaban J connectivity index is 1.53. The van der Waals surface area contributed by atoms with E-state index in [1.807, 2.05) is 18.2 Å². The van der Waals surface area contributed by atoms with Gasteiger partial charge in [0.15, 0.2) is 0 Å². The average molecular weight is 412 g/mol. The van der Waals surface area contributed by atoms with Gasteiger partial charge in [-0.3, -0.25) is 4.79 Å². The number of nitrogens with zero attached hydrogens (tertiary/aromatic N) is 1. The van der Waals surface area contributed by atoms with Crippen LogP contribution in [0.4, 0.5) is 0 Å². The summed E-state index contributed by atoms with van der Waals surface area (Å²) in [4.78, 5) is 19.8. The molecule has 0 radical (unpaired) electrons. The Morgan fingerprint density at radius 2 is 1.81 bits per heavy atom. The van der Waals surface area contributed by atoms with E-state index in [0.29, 0.717) is 34.0 Å². The number of hydrogen-bond donors (Lipinski definition) is 3. The number of nitrogens with one attached hydrogen (secondary N) is 3. The van der Waals surface area contributed by atoms with Crippen LogP contribution in [0.25, 0.3) is 11.0 Å². The molecular weight excluding hydrogens is 395 g/mol. The van der Waals surface area contributed by atoms with Crippen molar-refractivity contribution in [3.8, 4) is 0 Å². The largest absolute Gasteiger partial charge is 0.348 e. The van der Waals surface area contributed by atoms with Gasteiger partial charge in [0.2, 0.25) is 5.91 Å². The zero-order valence-electron chi connectivity index (χ0n) is 13.9. The second-order valence-corrected chi connectivity index (χ2v) is 7.25. The fourth-order valence-corrected chi connectivity index (χ4v) is 3.26. The number of benzene rings is 2. The van der Waals surface area contributed by atoms with E-state index in [-0.39, 0.29) is 11.9 Å². The summed E-state index contributed by atoms with van der Waals surface area (Å²) in [6, 6.07) is 10.3. The van der Waals surface area contributed by atoms with Crippen molar-refractivity contribution in [2.75, 3.05) is 0 Å². The minimum Gasteiger partial charge on any atom is -0.348 e. The van der Waals surface area contributed by atoms with Gasteiger partial charge < -0.3 is 15.6 Å². The molecule has 0 saturated heterocycles. The smallest absolute Gasteiger partial charge is 0.237 e. The van der Waals surface area contributed by atoms with Gasteiger partial charge in [-0.1, -0.05) is 34.8 Å². The Morgan fingerprint density at radius 1 is 1.08 bits per heavy atom. The Hall–Kier alpha value is -1.79. The van der Waals surface area contributed by atoms with Gasteiger partial charge in [0.1, 0.15) is 5.82 Å². The van der Waals surface area contributed by atoms with Gasteiger partial charge in [-0.25, -0.2) is 4.98 Å². The first-order valence-corrected chi connectivity index (χ1v) is 9.14. The van der Waals surface area contributed by atoms with Gasteiger partial charge in [0, 0.05) is 21.6 Å².